The van der Waals surface area contributed by atoms with E-state index >= 15 is 0 Å². The monoisotopic (exact) mass is 410 g/mol. The lowest BCUT2D eigenvalue weighted by Gasteiger charge is -2.03. The van der Waals surface area contributed by atoms with E-state index in [-0.39, 0.29) is 11.7 Å². The van der Waals surface area contributed by atoms with Gasteiger partial charge in [-0.1, -0.05) is 11.6 Å². The molecule has 0 saturated carbocycles. The van der Waals surface area contributed by atoms with Crippen LogP contribution in [0.15, 0.2) is 29.3 Å². The van der Waals surface area contributed by atoms with Gasteiger partial charge in [0.25, 0.3) is 5.91 Å². The van der Waals surface area contributed by atoms with Gasteiger partial charge in [-0.3, -0.25) is 9.48 Å². The Morgan fingerprint density at radius 3 is 2.81 bits per heavy atom. The zero-order valence-electron chi connectivity index (χ0n) is 14.3. The fourth-order valence-corrected chi connectivity index (χ4v) is 4.12. The molecule has 0 saturated heterocycles. The molecule has 0 aliphatic carbocycles. The van der Waals surface area contributed by atoms with E-state index in [1.165, 1.54) is 35.2 Å². The third kappa shape index (κ3) is 4.25. The van der Waals surface area contributed by atoms with Crippen molar-refractivity contribution in [1.29, 1.82) is 0 Å². The summed E-state index contributed by atoms with van der Waals surface area (Å²) >= 11 is 8.73. The second-order valence-corrected chi connectivity index (χ2v) is 7.97. The van der Waals surface area contributed by atoms with Crippen molar-refractivity contribution in [3.8, 4) is 0 Å². The highest BCUT2D eigenvalue weighted by Crippen LogP contribution is 2.27. The SMILES string of the molecule is CSc1cc(C(=O)Nc2sc(Cc3cc(F)cc(Cl)c3)nc2C)n(C)n1. The molecule has 0 bridgehead atoms. The van der Waals surface area contributed by atoms with E-state index in [4.69, 9.17) is 11.6 Å². The van der Waals surface area contributed by atoms with E-state index in [9.17, 15) is 9.18 Å². The zero-order chi connectivity index (χ0) is 18.8. The number of nitrogens with zero attached hydrogens (tertiary/aromatic N) is 3. The minimum absolute atomic E-state index is 0.243. The fraction of sp³-hybridized carbons (Fsp3) is 0.235. The molecule has 0 spiro atoms. The van der Waals surface area contributed by atoms with Crippen molar-refractivity contribution < 1.29 is 9.18 Å². The average molecular weight is 411 g/mol. The maximum atomic E-state index is 13.5. The summed E-state index contributed by atoms with van der Waals surface area (Å²) in [6, 6.07) is 6.15. The number of hydrogen-bond acceptors (Lipinski definition) is 5. The van der Waals surface area contributed by atoms with Crippen LogP contribution in [-0.2, 0) is 13.5 Å². The van der Waals surface area contributed by atoms with E-state index < -0.39 is 0 Å². The van der Waals surface area contributed by atoms with Crippen LogP contribution in [0.4, 0.5) is 9.39 Å². The molecule has 3 aromatic rings. The first-order valence-electron chi connectivity index (χ1n) is 7.66. The summed E-state index contributed by atoms with van der Waals surface area (Å²) in [5, 5.41) is 9.70. The van der Waals surface area contributed by atoms with E-state index in [0.29, 0.717) is 27.8 Å². The van der Waals surface area contributed by atoms with Gasteiger partial charge in [0.05, 0.1) is 10.7 Å². The number of rotatable bonds is 5. The first kappa shape index (κ1) is 18.9. The Balaban J connectivity index is 1.77. The molecule has 1 amide bonds. The summed E-state index contributed by atoms with van der Waals surface area (Å²) in [6.07, 6.45) is 2.35. The first-order chi connectivity index (χ1) is 12.4. The van der Waals surface area contributed by atoms with Crippen LogP contribution in [0.25, 0.3) is 0 Å². The number of carbonyl (C=O) groups excluding carboxylic acids is 1. The smallest absolute Gasteiger partial charge is 0.274 e. The number of hydrogen-bond donors (Lipinski definition) is 1. The third-order valence-electron chi connectivity index (χ3n) is 3.64. The van der Waals surface area contributed by atoms with Gasteiger partial charge in [0.1, 0.15) is 21.5 Å². The van der Waals surface area contributed by atoms with Crippen LogP contribution in [0.2, 0.25) is 5.02 Å². The van der Waals surface area contributed by atoms with Crippen molar-refractivity contribution in [2.24, 2.45) is 7.05 Å². The van der Waals surface area contributed by atoms with E-state index in [0.717, 1.165) is 15.6 Å². The van der Waals surface area contributed by atoms with Gasteiger partial charge in [-0.15, -0.1) is 23.1 Å². The predicted octanol–water partition coefficient (Wildman–Crippen LogP) is 4.54. The Morgan fingerprint density at radius 2 is 2.15 bits per heavy atom. The Kier molecular flexibility index (Phi) is 5.64. The lowest BCUT2D eigenvalue weighted by atomic mass is 10.1. The number of carbonyl (C=O) groups is 1. The number of benzene rings is 1. The standard InChI is InChI=1S/C17H16ClFN4OS2/c1-9-17(21-16(24)13-8-15(25-3)22-23(13)2)26-14(20-9)6-10-4-11(18)7-12(19)5-10/h4-5,7-8H,6H2,1-3H3,(H,21,24). The van der Waals surface area contributed by atoms with Gasteiger partial charge in [-0.2, -0.15) is 5.10 Å². The van der Waals surface area contributed by atoms with E-state index in [1.807, 2.05) is 13.2 Å². The van der Waals surface area contributed by atoms with Crippen molar-refractivity contribution in [3.05, 3.63) is 57.1 Å². The van der Waals surface area contributed by atoms with Crippen LogP contribution in [0.1, 0.15) is 26.8 Å². The molecule has 1 aromatic carbocycles. The van der Waals surface area contributed by atoms with Crippen molar-refractivity contribution in [1.82, 2.24) is 14.8 Å². The Labute approximate surface area is 163 Å². The van der Waals surface area contributed by atoms with Crippen molar-refractivity contribution in [3.63, 3.8) is 0 Å². The average Bonchev–Trinajstić information content (AvgIpc) is 3.09. The number of thioether (sulfide) groups is 1. The number of aromatic nitrogens is 3. The summed E-state index contributed by atoms with van der Waals surface area (Å²) in [4.78, 5) is 17.0. The summed E-state index contributed by atoms with van der Waals surface area (Å²) in [7, 11) is 1.73. The second-order valence-electron chi connectivity index (χ2n) is 5.63. The van der Waals surface area contributed by atoms with E-state index in [1.54, 1.807) is 23.9 Å². The zero-order valence-corrected chi connectivity index (χ0v) is 16.7. The van der Waals surface area contributed by atoms with Crippen LogP contribution >= 0.6 is 34.7 Å². The molecule has 136 valence electrons. The fourth-order valence-electron chi connectivity index (χ4n) is 2.45. The number of amides is 1. The van der Waals surface area contributed by atoms with Crippen molar-refractivity contribution in [2.45, 2.75) is 18.4 Å². The van der Waals surface area contributed by atoms with Gasteiger partial charge < -0.3 is 5.32 Å². The van der Waals surface area contributed by atoms with E-state index in [2.05, 4.69) is 15.4 Å². The lowest BCUT2D eigenvalue weighted by Crippen LogP contribution is -2.15. The number of anilines is 1. The lowest BCUT2D eigenvalue weighted by molar-refractivity contribution is 0.101. The highest BCUT2D eigenvalue weighted by atomic mass is 35.5. The molecule has 0 aliphatic rings. The molecule has 2 aromatic heterocycles. The molecule has 0 aliphatic heterocycles. The van der Waals surface area contributed by atoms with Crippen LogP contribution in [0, 0.1) is 12.7 Å². The molecular formula is C17H16ClFN4OS2. The maximum absolute atomic E-state index is 13.5. The van der Waals surface area contributed by atoms with Gasteiger partial charge >= 0.3 is 0 Å². The molecule has 0 unspecified atom stereocenters. The van der Waals surface area contributed by atoms with Gasteiger partial charge in [0.2, 0.25) is 0 Å². The van der Waals surface area contributed by atoms with Crippen molar-refractivity contribution in [2.75, 3.05) is 11.6 Å². The van der Waals surface area contributed by atoms with Gasteiger partial charge in [0, 0.05) is 24.6 Å². The molecule has 0 atom stereocenters. The summed E-state index contributed by atoms with van der Waals surface area (Å²) in [5.74, 6) is -0.623. The number of nitrogens with one attached hydrogen (secondary N) is 1. The minimum atomic E-state index is -0.380. The Hall–Kier alpha value is -1.90. The van der Waals surface area contributed by atoms with Crippen LogP contribution in [0.5, 0.6) is 0 Å². The predicted molar refractivity (Wildman–Crippen MR) is 104 cm³/mol. The molecule has 0 radical (unpaired) electrons. The molecule has 9 heteroatoms. The number of halogens is 2. The summed E-state index contributed by atoms with van der Waals surface area (Å²) in [5.41, 5.74) is 1.92. The summed E-state index contributed by atoms with van der Waals surface area (Å²) in [6.45, 7) is 1.82. The summed E-state index contributed by atoms with van der Waals surface area (Å²) < 4.78 is 15.0. The number of thiazole rings is 1. The normalized spacial score (nSPS) is 11.0. The van der Waals surface area contributed by atoms with Gasteiger partial charge in [-0.25, -0.2) is 9.37 Å². The Bertz CT molecular complexity index is 950. The largest absolute Gasteiger partial charge is 0.311 e. The highest BCUT2D eigenvalue weighted by Gasteiger charge is 2.17. The van der Waals surface area contributed by atoms with Gasteiger partial charge in [0.15, 0.2) is 0 Å². The molecule has 0 fully saturated rings. The minimum Gasteiger partial charge on any atom is -0.311 e. The molecule has 26 heavy (non-hydrogen) atoms. The Morgan fingerprint density at radius 1 is 1.38 bits per heavy atom. The second kappa shape index (κ2) is 7.77. The molecule has 3 rings (SSSR count). The topological polar surface area (TPSA) is 59.8 Å². The van der Waals surface area contributed by atoms with Gasteiger partial charge in [-0.05, 0) is 36.9 Å². The maximum Gasteiger partial charge on any atom is 0.274 e. The molecule has 1 N–H and O–H groups in total. The number of aryl methyl sites for hydroxylation is 2. The van der Waals surface area contributed by atoms with Crippen LogP contribution < -0.4 is 5.32 Å². The van der Waals surface area contributed by atoms with Crippen LogP contribution in [0.3, 0.4) is 0 Å². The highest BCUT2D eigenvalue weighted by molar-refractivity contribution is 7.98. The quantitative estimate of drug-likeness (QED) is 0.627. The van der Waals surface area contributed by atoms with Crippen molar-refractivity contribution >= 4 is 45.6 Å². The van der Waals surface area contributed by atoms with Crippen LogP contribution in [-0.4, -0.2) is 26.9 Å². The molecular weight excluding hydrogens is 395 g/mol. The molecule has 5 nitrogen and oxygen atoms in total. The first-order valence-corrected chi connectivity index (χ1v) is 10.1. The third-order valence-corrected chi connectivity index (χ3v) is 5.55. The molecule has 2 heterocycles.